The molecular formula is C21H32N4OS. The van der Waals surface area contributed by atoms with Gasteiger partial charge in [0.1, 0.15) is 0 Å². The lowest BCUT2D eigenvalue weighted by Crippen LogP contribution is -2.49. The number of nitrogens with one attached hydrogen (secondary N) is 1. The van der Waals surface area contributed by atoms with E-state index in [1.807, 2.05) is 24.1 Å². The molecule has 2 heterocycles. The average Bonchev–Trinajstić information content (AvgIpc) is 3.12. The number of benzene rings is 1. The molecule has 0 saturated carbocycles. The van der Waals surface area contributed by atoms with Crippen LogP contribution >= 0.6 is 11.8 Å². The van der Waals surface area contributed by atoms with Crippen molar-refractivity contribution in [1.82, 2.24) is 15.1 Å². The third-order valence-corrected chi connectivity index (χ3v) is 6.93. The molecule has 0 bridgehead atoms. The molecule has 3 rings (SSSR count). The Kier molecular flexibility index (Phi) is 7.05. The Balaban J connectivity index is 1.40. The van der Waals surface area contributed by atoms with Crippen LogP contribution in [-0.4, -0.2) is 59.4 Å². The van der Waals surface area contributed by atoms with E-state index in [2.05, 4.69) is 53.0 Å². The summed E-state index contributed by atoms with van der Waals surface area (Å²) in [6.45, 7) is 8.97. The standard InChI is InChI=1S/C21H32N4OS/c1-16(2)19-15-24(11-12-27-19)21(22-3)23-10-6-9-20(26)25-13-17-7-4-5-8-18(17)14-25/h4-5,7-8,16,19H,6,9-15H2,1-3H3,(H,22,23). The summed E-state index contributed by atoms with van der Waals surface area (Å²) >= 11 is 2.07. The van der Waals surface area contributed by atoms with Crippen molar-refractivity contribution in [3.63, 3.8) is 0 Å². The van der Waals surface area contributed by atoms with Crippen molar-refractivity contribution in [2.24, 2.45) is 10.9 Å². The maximum atomic E-state index is 12.5. The molecule has 1 amide bonds. The van der Waals surface area contributed by atoms with Crippen molar-refractivity contribution >= 4 is 23.6 Å². The molecule has 1 saturated heterocycles. The van der Waals surface area contributed by atoms with Gasteiger partial charge in [-0.3, -0.25) is 9.79 Å². The van der Waals surface area contributed by atoms with Gasteiger partial charge in [0.15, 0.2) is 5.96 Å². The quantitative estimate of drug-likeness (QED) is 0.479. The first kappa shape index (κ1) is 20.1. The van der Waals surface area contributed by atoms with Gasteiger partial charge in [-0.25, -0.2) is 0 Å². The summed E-state index contributed by atoms with van der Waals surface area (Å²) in [5.74, 6) is 3.05. The molecule has 148 valence electrons. The topological polar surface area (TPSA) is 47.9 Å². The smallest absolute Gasteiger partial charge is 0.223 e. The summed E-state index contributed by atoms with van der Waals surface area (Å²) in [6.07, 6.45) is 1.42. The van der Waals surface area contributed by atoms with E-state index in [-0.39, 0.29) is 5.91 Å². The van der Waals surface area contributed by atoms with Crippen LogP contribution in [-0.2, 0) is 17.9 Å². The highest BCUT2D eigenvalue weighted by molar-refractivity contribution is 8.00. The van der Waals surface area contributed by atoms with Gasteiger partial charge in [0.05, 0.1) is 0 Å². The number of nitrogens with zero attached hydrogens (tertiary/aromatic N) is 3. The molecule has 1 unspecified atom stereocenters. The first-order valence-electron chi connectivity index (χ1n) is 10.00. The van der Waals surface area contributed by atoms with Gasteiger partial charge in [-0.2, -0.15) is 11.8 Å². The molecule has 27 heavy (non-hydrogen) atoms. The van der Waals surface area contributed by atoms with E-state index in [1.54, 1.807) is 0 Å². The minimum Gasteiger partial charge on any atom is -0.356 e. The third-order valence-electron chi connectivity index (χ3n) is 5.39. The SMILES string of the molecule is CN=C(NCCCC(=O)N1Cc2ccccc2C1)N1CCSC(C(C)C)C1. The summed E-state index contributed by atoms with van der Waals surface area (Å²) < 4.78 is 0. The van der Waals surface area contributed by atoms with E-state index >= 15 is 0 Å². The summed E-state index contributed by atoms with van der Waals surface area (Å²) in [7, 11) is 1.85. The number of guanidine groups is 1. The van der Waals surface area contributed by atoms with Crippen LogP contribution in [0.2, 0.25) is 0 Å². The molecule has 1 fully saturated rings. The summed E-state index contributed by atoms with van der Waals surface area (Å²) in [5, 5.41) is 4.12. The Morgan fingerprint density at radius 2 is 1.96 bits per heavy atom. The number of hydrogen-bond acceptors (Lipinski definition) is 3. The molecule has 1 aromatic rings. The van der Waals surface area contributed by atoms with E-state index in [9.17, 15) is 4.79 Å². The lowest BCUT2D eigenvalue weighted by Gasteiger charge is -2.36. The van der Waals surface area contributed by atoms with Crippen LogP contribution in [0.4, 0.5) is 0 Å². The molecule has 2 aliphatic heterocycles. The molecular weight excluding hydrogens is 356 g/mol. The van der Waals surface area contributed by atoms with Crippen LogP contribution in [0, 0.1) is 5.92 Å². The van der Waals surface area contributed by atoms with Crippen molar-refractivity contribution in [2.45, 2.75) is 45.0 Å². The van der Waals surface area contributed by atoms with Gasteiger partial charge < -0.3 is 15.1 Å². The third kappa shape index (κ3) is 5.18. The minimum atomic E-state index is 0.247. The first-order valence-corrected chi connectivity index (χ1v) is 11.0. The molecule has 0 aromatic heterocycles. The second kappa shape index (κ2) is 9.49. The Morgan fingerprint density at radius 1 is 1.26 bits per heavy atom. The van der Waals surface area contributed by atoms with E-state index < -0.39 is 0 Å². The summed E-state index contributed by atoms with van der Waals surface area (Å²) in [6, 6.07) is 8.33. The van der Waals surface area contributed by atoms with Crippen LogP contribution in [0.15, 0.2) is 29.3 Å². The van der Waals surface area contributed by atoms with Crippen molar-refractivity contribution in [3.8, 4) is 0 Å². The molecule has 1 N–H and O–H groups in total. The number of thioether (sulfide) groups is 1. The minimum absolute atomic E-state index is 0.247. The fraction of sp³-hybridized carbons (Fsp3) is 0.619. The number of amides is 1. The van der Waals surface area contributed by atoms with Crippen molar-refractivity contribution < 1.29 is 4.79 Å². The largest absolute Gasteiger partial charge is 0.356 e. The monoisotopic (exact) mass is 388 g/mol. The van der Waals surface area contributed by atoms with Crippen LogP contribution in [0.5, 0.6) is 0 Å². The highest BCUT2D eigenvalue weighted by Crippen LogP contribution is 2.25. The van der Waals surface area contributed by atoms with Gasteiger partial charge in [-0.05, 0) is 23.5 Å². The zero-order valence-electron chi connectivity index (χ0n) is 16.8. The predicted octanol–water partition coefficient (Wildman–Crippen LogP) is 2.96. The molecule has 1 atom stereocenters. The molecule has 6 heteroatoms. The fourth-order valence-corrected chi connectivity index (χ4v) is 5.01. The van der Waals surface area contributed by atoms with Crippen molar-refractivity contribution in [2.75, 3.05) is 32.4 Å². The zero-order valence-corrected chi connectivity index (χ0v) is 17.6. The Labute approximate surface area is 167 Å². The molecule has 0 aliphatic carbocycles. The number of aliphatic imine (C=N–C) groups is 1. The van der Waals surface area contributed by atoms with Gasteiger partial charge in [0, 0.05) is 57.2 Å². The van der Waals surface area contributed by atoms with Crippen molar-refractivity contribution in [1.29, 1.82) is 0 Å². The lowest BCUT2D eigenvalue weighted by molar-refractivity contribution is -0.131. The lowest BCUT2D eigenvalue weighted by atomic mass is 10.1. The average molecular weight is 389 g/mol. The second-order valence-corrected chi connectivity index (χ2v) is 9.04. The maximum Gasteiger partial charge on any atom is 0.223 e. The number of carbonyl (C=O) groups is 1. The van der Waals surface area contributed by atoms with Crippen LogP contribution < -0.4 is 5.32 Å². The Hall–Kier alpha value is -1.69. The number of carbonyl (C=O) groups excluding carboxylic acids is 1. The summed E-state index contributed by atoms with van der Waals surface area (Å²) in [5.41, 5.74) is 2.57. The van der Waals surface area contributed by atoms with Gasteiger partial charge in [0.25, 0.3) is 0 Å². The van der Waals surface area contributed by atoms with E-state index in [0.29, 0.717) is 17.6 Å². The molecule has 2 aliphatic rings. The Morgan fingerprint density at radius 3 is 2.59 bits per heavy atom. The highest BCUT2D eigenvalue weighted by Gasteiger charge is 2.25. The van der Waals surface area contributed by atoms with Crippen molar-refractivity contribution in [3.05, 3.63) is 35.4 Å². The van der Waals surface area contributed by atoms with Crippen LogP contribution in [0.1, 0.15) is 37.8 Å². The highest BCUT2D eigenvalue weighted by atomic mass is 32.2. The van der Waals surface area contributed by atoms with Crippen LogP contribution in [0.3, 0.4) is 0 Å². The molecule has 0 radical (unpaired) electrons. The van der Waals surface area contributed by atoms with Gasteiger partial charge in [-0.1, -0.05) is 38.1 Å². The maximum absolute atomic E-state index is 12.5. The Bertz CT molecular complexity index is 651. The van der Waals surface area contributed by atoms with E-state index in [4.69, 9.17) is 0 Å². The normalized spacial score (nSPS) is 20.1. The van der Waals surface area contributed by atoms with E-state index in [1.165, 1.54) is 11.1 Å². The van der Waals surface area contributed by atoms with Gasteiger partial charge >= 0.3 is 0 Å². The molecule has 5 nitrogen and oxygen atoms in total. The molecule has 0 spiro atoms. The number of fused-ring (bicyclic) bond motifs is 1. The summed E-state index contributed by atoms with van der Waals surface area (Å²) in [4.78, 5) is 21.3. The fourth-order valence-electron chi connectivity index (χ4n) is 3.71. The van der Waals surface area contributed by atoms with Gasteiger partial charge in [-0.15, -0.1) is 0 Å². The zero-order chi connectivity index (χ0) is 19.2. The van der Waals surface area contributed by atoms with Gasteiger partial charge in [0.2, 0.25) is 5.91 Å². The van der Waals surface area contributed by atoms with E-state index in [0.717, 1.165) is 50.9 Å². The first-order chi connectivity index (χ1) is 13.1. The number of hydrogen-bond donors (Lipinski definition) is 1. The van der Waals surface area contributed by atoms with Crippen LogP contribution in [0.25, 0.3) is 0 Å². The predicted molar refractivity (Wildman–Crippen MR) is 114 cm³/mol. The second-order valence-electron chi connectivity index (χ2n) is 7.70. The number of rotatable bonds is 5. The molecule has 1 aromatic carbocycles.